The maximum Gasteiger partial charge on any atom is 0.243 e. The molecule has 0 saturated heterocycles. The Hall–Kier alpha value is -5.17. The van der Waals surface area contributed by atoms with Crippen molar-refractivity contribution < 1.29 is 4.57 Å². The van der Waals surface area contributed by atoms with E-state index in [9.17, 15) is 0 Å². The second-order valence-corrected chi connectivity index (χ2v) is 17.3. The van der Waals surface area contributed by atoms with Gasteiger partial charge in [-0.1, -0.05) is 201 Å². The highest BCUT2D eigenvalue weighted by molar-refractivity contribution is 7.85. The minimum Gasteiger partial charge on any atom is -0.309 e. The van der Waals surface area contributed by atoms with Crippen LogP contribution in [0.25, 0.3) is 11.1 Å². The SMILES string of the molecule is Cc1cc(B(c2c(C)cc(C)cc2C)c2c(C)cc(C)cc2-c2ccccc2Cc2ccccc2)cc(P(=O)(c2ccccc2)c2ccccc2)c1. The fourth-order valence-corrected chi connectivity index (χ4v) is 11.1. The van der Waals surface area contributed by atoms with Crippen LogP contribution in [-0.4, -0.2) is 6.71 Å². The van der Waals surface area contributed by atoms with Crippen LogP contribution in [0.1, 0.15) is 44.5 Å². The summed E-state index contributed by atoms with van der Waals surface area (Å²) in [5, 5.41) is 2.56. The summed E-state index contributed by atoms with van der Waals surface area (Å²) < 4.78 is 15.8. The molecule has 0 aliphatic carbocycles. The summed E-state index contributed by atoms with van der Waals surface area (Å²) in [7, 11) is -3.22. The van der Waals surface area contributed by atoms with Gasteiger partial charge in [0.05, 0.1) is 0 Å². The van der Waals surface area contributed by atoms with Crippen molar-refractivity contribution in [1.29, 1.82) is 0 Å². The molecule has 7 aromatic carbocycles. The molecule has 1 nitrogen and oxygen atoms in total. The average molecular weight is 693 g/mol. The van der Waals surface area contributed by atoms with Crippen molar-refractivity contribution in [1.82, 2.24) is 0 Å². The van der Waals surface area contributed by atoms with E-state index in [4.69, 9.17) is 0 Å². The summed E-state index contributed by atoms with van der Waals surface area (Å²) in [4.78, 5) is 0. The third-order valence-electron chi connectivity index (χ3n) is 10.4. The van der Waals surface area contributed by atoms with Crippen molar-refractivity contribution in [2.45, 2.75) is 48.0 Å². The van der Waals surface area contributed by atoms with Gasteiger partial charge in [-0.2, -0.15) is 0 Å². The van der Waals surface area contributed by atoms with Crippen molar-refractivity contribution in [2.75, 3.05) is 0 Å². The summed E-state index contributed by atoms with van der Waals surface area (Å²) in [6, 6.07) is 55.8. The topological polar surface area (TPSA) is 17.1 Å². The normalized spacial score (nSPS) is 11.4. The average Bonchev–Trinajstić information content (AvgIpc) is 3.14. The smallest absolute Gasteiger partial charge is 0.243 e. The predicted molar refractivity (Wildman–Crippen MR) is 226 cm³/mol. The van der Waals surface area contributed by atoms with E-state index >= 15 is 4.57 Å². The van der Waals surface area contributed by atoms with Crippen molar-refractivity contribution in [3.05, 3.63) is 202 Å². The lowest BCUT2D eigenvalue weighted by Crippen LogP contribution is -2.56. The number of rotatable bonds is 9. The Bertz CT molecular complexity index is 2350. The van der Waals surface area contributed by atoms with E-state index < -0.39 is 7.14 Å². The Morgan fingerprint density at radius 1 is 0.442 bits per heavy atom. The zero-order valence-corrected chi connectivity index (χ0v) is 32.0. The van der Waals surface area contributed by atoms with Crippen molar-refractivity contribution >= 4 is 46.2 Å². The van der Waals surface area contributed by atoms with Gasteiger partial charge in [-0.05, 0) is 76.3 Å². The Kier molecular flexibility index (Phi) is 10.0. The zero-order valence-electron chi connectivity index (χ0n) is 31.2. The molecular weight excluding hydrogens is 646 g/mol. The van der Waals surface area contributed by atoms with Crippen LogP contribution in [-0.2, 0) is 11.0 Å². The number of hydrogen-bond donors (Lipinski definition) is 0. The van der Waals surface area contributed by atoms with Crippen LogP contribution in [0.4, 0.5) is 0 Å². The lowest BCUT2D eigenvalue weighted by atomic mass is 9.34. The van der Waals surface area contributed by atoms with E-state index in [0.29, 0.717) is 0 Å². The van der Waals surface area contributed by atoms with Crippen molar-refractivity contribution in [3.63, 3.8) is 0 Å². The molecule has 0 amide bonds. The van der Waals surface area contributed by atoms with Crippen LogP contribution in [0.15, 0.2) is 158 Å². The fraction of sp³-hybridized carbons (Fsp3) is 0.143. The van der Waals surface area contributed by atoms with Crippen LogP contribution in [0.3, 0.4) is 0 Å². The Morgan fingerprint density at radius 2 is 0.923 bits per heavy atom. The van der Waals surface area contributed by atoms with E-state index in [1.807, 2.05) is 60.7 Å². The quantitative estimate of drug-likeness (QED) is 0.109. The number of hydrogen-bond acceptors (Lipinski definition) is 1. The lowest BCUT2D eigenvalue weighted by molar-refractivity contribution is 0.592. The highest BCUT2D eigenvalue weighted by atomic mass is 31.2. The first-order valence-electron chi connectivity index (χ1n) is 18.3. The molecule has 256 valence electrons. The van der Waals surface area contributed by atoms with E-state index in [1.165, 1.54) is 61.0 Å². The summed E-state index contributed by atoms with van der Waals surface area (Å²) in [6.07, 6.45) is 0.850. The Morgan fingerprint density at radius 3 is 1.52 bits per heavy atom. The Balaban J connectivity index is 1.53. The van der Waals surface area contributed by atoms with E-state index in [-0.39, 0.29) is 6.71 Å². The third kappa shape index (κ3) is 6.89. The molecule has 0 N–H and O–H groups in total. The molecule has 0 radical (unpaired) electrons. The second-order valence-electron chi connectivity index (χ2n) is 14.5. The first-order valence-corrected chi connectivity index (χ1v) is 20.0. The molecule has 0 unspecified atom stereocenters. The summed E-state index contributed by atoms with van der Waals surface area (Å²) in [5.41, 5.74) is 16.3. The number of aryl methyl sites for hydroxylation is 6. The molecule has 0 heterocycles. The molecule has 0 aliphatic rings. The van der Waals surface area contributed by atoms with Crippen molar-refractivity contribution in [2.24, 2.45) is 0 Å². The van der Waals surface area contributed by atoms with E-state index in [1.54, 1.807) is 0 Å². The minimum absolute atomic E-state index is 0.0976. The molecule has 0 saturated carbocycles. The maximum absolute atomic E-state index is 15.8. The van der Waals surface area contributed by atoms with Crippen LogP contribution >= 0.6 is 7.14 Å². The first kappa shape index (κ1) is 35.2. The molecule has 0 bridgehead atoms. The van der Waals surface area contributed by atoms with Gasteiger partial charge in [-0.25, -0.2) is 0 Å². The van der Waals surface area contributed by atoms with Crippen LogP contribution in [0, 0.1) is 41.5 Å². The van der Waals surface area contributed by atoms with Crippen molar-refractivity contribution in [3.8, 4) is 11.1 Å². The summed E-state index contributed by atoms with van der Waals surface area (Å²) in [5.74, 6) is 0. The van der Waals surface area contributed by atoms with Gasteiger partial charge in [0.15, 0.2) is 7.14 Å². The zero-order chi connectivity index (χ0) is 36.4. The summed E-state index contributed by atoms with van der Waals surface area (Å²) in [6.45, 7) is 13.2. The first-order chi connectivity index (χ1) is 25.1. The third-order valence-corrected chi connectivity index (χ3v) is 13.4. The second kappa shape index (κ2) is 14.8. The Labute approximate surface area is 310 Å². The van der Waals surface area contributed by atoms with E-state index in [2.05, 4.69) is 139 Å². The molecule has 0 aliphatic heterocycles. The largest absolute Gasteiger partial charge is 0.309 e. The predicted octanol–water partition coefficient (Wildman–Crippen LogP) is 8.95. The fourth-order valence-electron chi connectivity index (χ4n) is 8.33. The molecule has 0 atom stereocenters. The van der Waals surface area contributed by atoms with Gasteiger partial charge in [0.1, 0.15) is 0 Å². The van der Waals surface area contributed by atoms with Gasteiger partial charge >= 0.3 is 0 Å². The van der Waals surface area contributed by atoms with Gasteiger partial charge < -0.3 is 4.57 Å². The molecule has 52 heavy (non-hydrogen) atoms. The summed E-state index contributed by atoms with van der Waals surface area (Å²) >= 11 is 0. The molecule has 0 fully saturated rings. The molecule has 7 aromatic rings. The standard InChI is InChI=1S/C49H46BOP/c1-34-26-37(4)48(38(5)27-34)50(42-29-36(3)30-45(33-42)52(51,43-21-12-8-13-22-43)44-23-14-9-15-24-44)49-39(6)28-35(2)31-47(49)46-25-17-16-20-41(46)32-40-18-10-7-11-19-40/h7-31,33H,32H2,1-6H3. The molecule has 0 spiro atoms. The van der Waals surface area contributed by atoms with Gasteiger partial charge in [0.2, 0.25) is 6.71 Å². The number of benzene rings is 7. The molecular formula is C49H46BOP. The monoisotopic (exact) mass is 692 g/mol. The van der Waals surface area contributed by atoms with Gasteiger partial charge in [-0.15, -0.1) is 0 Å². The van der Waals surface area contributed by atoms with Crippen LogP contribution < -0.4 is 32.3 Å². The molecule has 0 aromatic heterocycles. The lowest BCUT2D eigenvalue weighted by Gasteiger charge is -2.28. The highest BCUT2D eigenvalue weighted by Crippen LogP contribution is 2.42. The van der Waals surface area contributed by atoms with Gasteiger partial charge in [0.25, 0.3) is 0 Å². The van der Waals surface area contributed by atoms with Gasteiger partial charge in [-0.3, -0.25) is 0 Å². The van der Waals surface area contributed by atoms with Gasteiger partial charge in [0, 0.05) is 15.9 Å². The molecule has 3 heteroatoms. The minimum atomic E-state index is -3.22. The van der Waals surface area contributed by atoms with Crippen LogP contribution in [0.5, 0.6) is 0 Å². The van der Waals surface area contributed by atoms with Crippen LogP contribution in [0.2, 0.25) is 0 Å². The highest BCUT2D eigenvalue weighted by Gasteiger charge is 2.34. The van der Waals surface area contributed by atoms with E-state index in [0.717, 1.165) is 33.4 Å². The maximum atomic E-state index is 15.8. The molecule has 7 rings (SSSR count).